The molecule has 1 aromatic heterocycles. The lowest BCUT2D eigenvalue weighted by atomic mass is 9.96. The zero-order chi connectivity index (χ0) is 15.9. The van der Waals surface area contributed by atoms with E-state index < -0.39 is 5.60 Å². The second-order valence-corrected chi connectivity index (χ2v) is 5.58. The van der Waals surface area contributed by atoms with Crippen molar-refractivity contribution < 1.29 is 9.52 Å². The van der Waals surface area contributed by atoms with E-state index in [2.05, 4.69) is 22.5 Å². The van der Waals surface area contributed by atoms with Crippen LogP contribution in [0.1, 0.15) is 50.7 Å². The molecular formula is C16H30IN3O2. The van der Waals surface area contributed by atoms with Gasteiger partial charge in [-0.05, 0) is 40.2 Å². The maximum atomic E-state index is 10.6. The molecule has 1 rings (SSSR count). The fourth-order valence-corrected chi connectivity index (χ4v) is 2.21. The van der Waals surface area contributed by atoms with Crippen LogP contribution in [0.15, 0.2) is 15.5 Å². The molecular weight excluding hydrogens is 393 g/mol. The van der Waals surface area contributed by atoms with Crippen LogP contribution in [0.5, 0.6) is 0 Å². The van der Waals surface area contributed by atoms with Gasteiger partial charge in [-0.15, -0.1) is 24.0 Å². The molecule has 0 bridgehead atoms. The molecule has 128 valence electrons. The van der Waals surface area contributed by atoms with Crippen molar-refractivity contribution in [2.75, 3.05) is 19.6 Å². The Labute approximate surface area is 151 Å². The van der Waals surface area contributed by atoms with Crippen LogP contribution in [-0.4, -0.2) is 30.7 Å². The predicted molar refractivity (Wildman–Crippen MR) is 102 cm³/mol. The third kappa shape index (κ3) is 6.56. The summed E-state index contributed by atoms with van der Waals surface area (Å²) in [4.78, 5) is 4.49. The molecule has 0 radical (unpaired) electrons. The molecule has 0 spiro atoms. The molecule has 5 nitrogen and oxygen atoms in total. The van der Waals surface area contributed by atoms with Gasteiger partial charge in [0.1, 0.15) is 17.1 Å². The molecule has 1 heterocycles. The summed E-state index contributed by atoms with van der Waals surface area (Å²) in [5.74, 6) is 2.29. The molecule has 0 aromatic carbocycles. The van der Waals surface area contributed by atoms with Gasteiger partial charge in [0, 0.05) is 18.7 Å². The third-order valence-electron chi connectivity index (χ3n) is 3.33. The molecule has 1 unspecified atom stereocenters. The van der Waals surface area contributed by atoms with Gasteiger partial charge in [0.15, 0.2) is 5.96 Å². The maximum Gasteiger partial charge on any atom is 0.191 e. The number of unbranched alkanes of at least 4 members (excludes halogenated alkanes) is 1. The second-order valence-electron chi connectivity index (χ2n) is 5.58. The number of furan rings is 1. The van der Waals surface area contributed by atoms with Gasteiger partial charge in [0.05, 0.1) is 6.54 Å². The largest absolute Gasteiger partial charge is 0.466 e. The van der Waals surface area contributed by atoms with E-state index in [0.717, 1.165) is 49.0 Å². The van der Waals surface area contributed by atoms with E-state index in [-0.39, 0.29) is 30.5 Å². The Bertz CT molecular complexity index is 470. The highest BCUT2D eigenvalue weighted by atomic mass is 127. The highest BCUT2D eigenvalue weighted by Gasteiger charge is 2.27. The van der Waals surface area contributed by atoms with Gasteiger partial charge in [0.25, 0.3) is 0 Å². The number of nitrogens with one attached hydrogen (secondary N) is 2. The molecule has 0 amide bonds. The van der Waals surface area contributed by atoms with Crippen molar-refractivity contribution in [1.82, 2.24) is 10.6 Å². The summed E-state index contributed by atoms with van der Waals surface area (Å²) in [5.41, 5.74) is -0.234. The predicted octanol–water partition coefficient (Wildman–Crippen LogP) is 3.08. The van der Waals surface area contributed by atoms with Gasteiger partial charge < -0.3 is 20.2 Å². The number of hydrogen-bond donors (Lipinski definition) is 3. The molecule has 0 aliphatic carbocycles. The number of aryl methyl sites for hydroxylation is 2. The van der Waals surface area contributed by atoms with E-state index in [4.69, 9.17) is 4.42 Å². The van der Waals surface area contributed by atoms with Crippen molar-refractivity contribution in [2.45, 2.75) is 53.1 Å². The summed E-state index contributed by atoms with van der Waals surface area (Å²) in [7, 11) is 0. The van der Waals surface area contributed by atoms with Crippen LogP contribution >= 0.6 is 24.0 Å². The van der Waals surface area contributed by atoms with Crippen LogP contribution in [0.25, 0.3) is 0 Å². The zero-order valence-electron chi connectivity index (χ0n) is 14.3. The Kier molecular flexibility index (Phi) is 9.75. The minimum absolute atomic E-state index is 0. The Morgan fingerprint density at radius 1 is 1.32 bits per heavy atom. The first-order valence-electron chi connectivity index (χ1n) is 7.72. The first kappa shape index (κ1) is 21.2. The Morgan fingerprint density at radius 3 is 2.50 bits per heavy atom. The third-order valence-corrected chi connectivity index (χ3v) is 3.33. The van der Waals surface area contributed by atoms with Gasteiger partial charge in [-0.3, -0.25) is 0 Å². The Hall–Kier alpha value is -0.760. The Balaban J connectivity index is 0.00000441. The minimum Gasteiger partial charge on any atom is -0.466 e. The molecule has 1 aromatic rings. The number of nitrogens with zero attached hydrogens (tertiary/aromatic N) is 1. The summed E-state index contributed by atoms with van der Waals surface area (Å²) in [6, 6.07) is 1.88. The lowest BCUT2D eigenvalue weighted by Crippen LogP contribution is -2.39. The van der Waals surface area contributed by atoms with E-state index in [1.165, 1.54) is 0 Å². The lowest BCUT2D eigenvalue weighted by molar-refractivity contribution is 0.0657. The van der Waals surface area contributed by atoms with Crippen LogP contribution in [-0.2, 0) is 5.60 Å². The van der Waals surface area contributed by atoms with E-state index in [1.54, 1.807) is 6.92 Å². The molecule has 0 fully saturated rings. The SMILES string of the molecule is CCCCNC(=NCC(C)(O)c1cc(C)oc1C)NCC.I. The van der Waals surface area contributed by atoms with Gasteiger partial charge >= 0.3 is 0 Å². The average molecular weight is 423 g/mol. The number of halogens is 1. The van der Waals surface area contributed by atoms with Crippen molar-refractivity contribution in [1.29, 1.82) is 0 Å². The quantitative estimate of drug-likeness (QED) is 0.273. The molecule has 6 heteroatoms. The fraction of sp³-hybridized carbons (Fsp3) is 0.688. The molecule has 3 N–H and O–H groups in total. The van der Waals surface area contributed by atoms with E-state index in [1.807, 2.05) is 26.8 Å². The van der Waals surface area contributed by atoms with Crippen LogP contribution in [0.4, 0.5) is 0 Å². The second kappa shape index (κ2) is 10.1. The van der Waals surface area contributed by atoms with Gasteiger partial charge in [-0.1, -0.05) is 13.3 Å². The summed E-state index contributed by atoms with van der Waals surface area (Å²) in [6.07, 6.45) is 2.23. The van der Waals surface area contributed by atoms with Crippen molar-refractivity contribution in [2.24, 2.45) is 4.99 Å². The monoisotopic (exact) mass is 423 g/mol. The number of hydrogen-bond acceptors (Lipinski definition) is 3. The smallest absolute Gasteiger partial charge is 0.191 e. The number of aliphatic hydroxyl groups is 1. The van der Waals surface area contributed by atoms with Crippen LogP contribution in [0, 0.1) is 13.8 Å². The highest BCUT2D eigenvalue weighted by molar-refractivity contribution is 14.0. The molecule has 0 aliphatic heterocycles. The first-order valence-corrected chi connectivity index (χ1v) is 7.72. The summed E-state index contributed by atoms with van der Waals surface area (Å²) in [5, 5.41) is 17.1. The van der Waals surface area contributed by atoms with Crippen LogP contribution < -0.4 is 10.6 Å². The molecule has 0 saturated carbocycles. The maximum absolute atomic E-state index is 10.6. The molecule has 0 saturated heterocycles. The van der Waals surface area contributed by atoms with Crippen molar-refractivity contribution >= 4 is 29.9 Å². The first-order chi connectivity index (χ1) is 9.90. The lowest BCUT2D eigenvalue weighted by Gasteiger charge is -2.21. The number of guanidine groups is 1. The van der Waals surface area contributed by atoms with E-state index >= 15 is 0 Å². The average Bonchev–Trinajstić information content (AvgIpc) is 2.76. The van der Waals surface area contributed by atoms with Gasteiger partial charge in [-0.2, -0.15) is 0 Å². The van der Waals surface area contributed by atoms with Crippen molar-refractivity contribution in [3.63, 3.8) is 0 Å². The van der Waals surface area contributed by atoms with E-state index in [0.29, 0.717) is 0 Å². The van der Waals surface area contributed by atoms with Crippen LogP contribution in [0.2, 0.25) is 0 Å². The van der Waals surface area contributed by atoms with E-state index in [9.17, 15) is 5.11 Å². The van der Waals surface area contributed by atoms with Gasteiger partial charge in [-0.25, -0.2) is 4.99 Å². The fourth-order valence-electron chi connectivity index (χ4n) is 2.21. The van der Waals surface area contributed by atoms with Crippen LogP contribution in [0.3, 0.4) is 0 Å². The van der Waals surface area contributed by atoms with Crippen molar-refractivity contribution in [3.05, 3.63) is 23.2 Å². The minimum atomic E-state index is -1.03. The normalized spacial score (nSPS) is 14.2. The van der Waals surface area contributed by atoms with Crippen molar-refractivity contribution in [3.8, 4) is 0 Å². The summed E-state index contributed by atoms with van der Waals surface area (Å²) >= 11 is 0. The summed E-state index contributed by atoms with van der Waals surface area (Å²) < 4.78 is 5.49. The topological polar surface area (TPSA) is 69.8 Å². The number of aliphatic imine (C=N–C) groups is 1. The van der Waals surface area contributed by atoms with Gasteiger partial charge in [0.2, 0.25) is 0 Å². The highest BCUT2D eigenvalue weighted by Crippen LogP contribution is 2.27. The molecule has 1 atom stereocenters. The number of rotatable bonds is 7. The zero-order valence-corrected chi connectivity index (χ0v) is 16.7. The molecule has 22 heavy (non-hydrogen) atoms. The Morgan fingerprint density at radius 2 is 2.00 bits per heavy atom. The standard InChI is InChI=1S/C16H29N3O2.HI/c1-6-8-9-18-15(17-7-2)19-11-16(5,20)14-10-12(3)21-13(14)4;/h10,20H,6-9,11H2,1-5H3,(H2,17,18,19);1H. The summed E-state index contributed by atoms with van der Waals surface area (Å²) in [6.45, 7) is 11.7. The molecule has 0 aliphatic rings.